The maximum atomic E-state index is 13.6. The smallest absolute Gasteiger partial charge is 0.254 e. The van der Waals surface area contributed by atoms with Crippen molar-refractivity contribution < 1.29 is 13.6 Å². The molecule has 0 heterocycles. The van der Waals surface area contributed by atoms with E-state index in [1.54, 1.807) is 25.1 Å². The number of hydrogen-bond acceptors (Lipinski definition) is 1. The Bertz CT molecular complexity index is 646. The maximum Gasteiger partial charge on any atom is 0.254 e. The minimum atomic E-state index is -0.619. The molecule has 1 amide bonds. The van der Waals surface area contributed by atoms with Gasteiger partial charge in [-0.25, -0.2) is 8.78 Å². The minimum absolute atomic E-state index is 0.0810. The normalized spacial score (nSPS) is 12.0. The van der Waals surface area contributed by atoms with Crippen LogP contribution in [0.3, 0.4) is 0 Å². The van der Waals surface area contributed by atoms with E-state index < -0.39 is 23.6 Å². The number of amides is 1. The van der Waals surface area contributed by atoms with E-state index >= 15 is 0 Å². The molecule has 2 aromatic carbocycles. The fourth-order valence-corrected chi connectivity index (χ4v) is 2.21. The maximum absolute atomic E-state index is 13.6. The van der Waals surface area contributed by atoms with Crippen LogP contribution in [0.15, 0.2) is 46.9 Å². The van der Waals surface area contributed by atoms with Crippen molar-refractivity contribution in [1.82, 2.24) is 5.32 Å². The summed E-state index contributed by atoms with van der Waals surface area (Å²) in [6.07, 6.45) is 0. The van der Waals surface area contributed by atoms with Gasteiger partial charge in [-0.3, -0.25) is 4.79 Å². The van der Waals surface area contributed by atoms with Crippen LogP contribution in [0.25, 0.3) is 0 Å². The molecule has 0 saturated heterocycles. The van der Waals surface area contributed by atoms with E-state index in [0.717, 1.165) is 0 Å². The average molecular weight is 340 g/mol. The third kappa shape index (κ3) is 3.22. The Morgan fingerprint density at radius 2 is 1.85 bits per heavy atom. The summed E-state index contributed by atoms with van der Waals surface area (Å²) in [5.41, 5.74) is 0.277. The van der Waals surface area contributed by atoms with Gasteiger partial charge >= 0.3 is 0 Å². The molecule has 0 aliphatic heterocycles. The van der Waals surface area contributed by atoms with Crippen molar-refractivity contribution in [3.05, 3.63) is 69.7 Å². The lowest BCUT2D eigenvalue weighted by atomic mass is 10.1. The molecule has 5 heteroatoms. The summed E-state index contributed by atoms with van der Waals surface area (Å²) in [5.74, 6) is -1.61. The number of rotatable bonds is 3. The Balaban J connectivity index is 2.20. The van der Waals surface area contributed by atoms with Crippen molar-refractivity contribution >= 4 is 21.8 Å². The number of benzene rings is 2. The lowest BCUT2D eigenvalue weighted by Gasteiger charge is -2.15. The quantitative estimate of drug-likeness (QED) is 0.891. The van der Waals surface area contributed by atoms with Gasteiger partial charge in [-0.15, -0.1) is 0 Å². The molecule has 2 rings (SSSR count). The second-order valence-corrected chi connectivity index (χ2v) is 5.26. The lowest BCUT2D eigenvalue weighted by molar-refractivity contribution is 0.0935. The summed E-state index contributed by atoms with van der Waals surface area (Å²) < 4.78 is 27.8. The van der Waals surface area contributed by atoms with Crippen LogP contribution in [-0.2, 0) is 0 Å². The molecule has 2 nitrogen and oxygen atoms in total. The van der Waals surface area contributed by atoms with E-state index in [-0.39, 0.29) is 5.56 Å². The van der Waals surface area contributed by atoms with Crippen molar-refractivity contribution in [3.8, 4) is 0 Å². The summed E-state index contributed by atoms with van der Waals surface area (Å²) in [5, 5.41) is 2.58. The van der Waals surface area contributed by atoms with Crippen molar-refractivity contribution in [2.45, 2.75) is 13.0 Å². The van der Waals surface area contributed by atoms with Crippen LogP contribution >= 0.6 is 15.9 Å². The third-order valence-electron chi connectivity index (χ3n) is 2.89. The van der Waals surface area contributed by atoms with E-state index in [9.17, 15) is 13.6 Å². The topological polar surface area (TPSA) is 29.1 Å². The largest absolute Gasteiger partial charge is 0.345 e. The number of nitrogens with one attached hydrogen (secondary N) is 1. The van der Waals surface area contributed by atoms with Crippen LogP contribution in [-0.4, -0.2) is 5.91 Å². The molecule has 1 unspecified atom stereocenters. The molecule has 0 spiro atoms. The summed E-state index contributed by atoms with van der Waals surface area (Å²) in [7, 11) is 0. The standard InChI is InChI=1S/C15H12BrF2NO/c1-9(11-4-2-3-5-13(11)17)19-15(20)12-8-10(16)6-7-14(12)18/h2-9H,1H3,(H,19,20). The monoisotopic (exact) mass is 339 g/mol. The van der Waals surface area contributed by atoms with Crippen LogP contribution in [0, 0.1) is 11.6 Å². The Kier molecular flexibility index (Phi) is 4.49. The van der Waals surface area contributed by atoms with Crippen LogP contribution in [0.5, 0.6) is 0 Å². The Labute approximate surface area is 123 Å². The van der Waals surface area contributed by atoms with Crippen LogP contribution in [0.1, 0.15) is 28.9 Å². The first-order valence-electron chi connectivity index (χ1n) is 5.99. The Morgan fingerprint density at radius 3 is 2.55 bits per heavy atom. The Morgan fingerprint density at radius 1 is 1.15 bits per heavy atom. The zero-order valence-corrected chi connectivity index (χ0v) is 12.2. The fraction of sp³-hybridized carbons (Fsp3) is 0.133. The fourth-order valence-electron chi connectivity index (χ4n) is 1.85. The van der Waals surface area contributed by atoms with E-state index in [1.165, 1.54) is 24.3 Å². The van der Waals surface area contributed by atoms with Gasteiger partial charge in [-0.1, -0.05) is 34.1 Å². The number of hydrogen-bond donors (Lipinski definition) is 1. The number of carbonyl (C=O) groups excluding carboxylic acids is 1. The van der Waals surface area contributed by atoms with E-state index in [1.807, 2.05) is 0 Å². The van der Waals surface area contributed by atoms with Crippen molar-refractivity contribution in [2.75, 3.05) is 0 Å². The second-order valence-electron chi connectivity index (χ2n) is 4.34. The van der Waals surface area contributed by atoms with E-state index in [2.05, 4.69) is 21.2 Å². The van der Waals surface area contributed by atoms with Crippen molar-refractivity contribution in [1.29, 1.82) is 0 Å². The van der Waals surface area contributed by atoms with E-state index in [4.69, 9.17) is 0 Å². The average Bonchev–Trinajstić information content (AvgIpc) is 2.41. The Hall–Kier alpha value is -1.75. The summed E-state index contributed by atoms with van der Waals surface area (Å²) in [6.45, 7) is 1.65. The summed E-state index contributed by atoms with van der Waals surface area (Å²) >= 11 is 3.18. The molecule has 20 heavy (non-hydrogen) atoms. The van der Waals surface area contributed by atoms with Gasteiger partial charge in [0.05, 0.1) is 11.6 Å². The number of halogens is 3. The zero-order valence-electron chi connectivity index (χ0n) is 10.7. The predicted octanol–water partition coefficient (Wildman–Crippen LogP) is 4.22. The van der Waals surface area contributed by atoms with Gasteiger partial charge in [0, 0.05) is 10.0 Å². The first kappa shape index (κ1) is 14.7. The molecule has 0 aromatic heterocycles. The van der Waals surface area contributed by atoms with E-state index in [0.29, 0.717) is 10.0 Å². The highest BCUT2D eigenvalue weighted by Gasteiger charge is 2.17. The van der Waals surface area contributed by atoms with Crippen LogP contribution in [0.4, 0.5) is 8.78 Å². The van der Waals surface area contributed by atoms with Gasteiger partial charge in [0.25, 0.3) is 5.91 Å². The molecule has 0 aliphatic carbocycles. The molecule has 0 bridgehead atoms. The van der Waals surface area contributed by atoms with Gasteiger partial charge in [0.2, 0.25) is 0 Å². The molecule has 2 aromatic rings. The molecule has 1 N–H and O–H groups in total. The molecule has 0 aliphatic rings. The highest BCUT2D eigenvalue weighted by Crippen LogP contribution is 2.19. The third-order valence-corrected chi connectivity index (χ3v) is 3.39. The highest BCUT2D eigenvalue weighted by molar-refractivity contribution is 9.10. The SMILES string of the molecule is CC(NC(=O)c1cc(Br)ccc1F)c1ccccc1F. The van der Waals surface area contributed by atoms with Gasteiger partial charge < -0.3 is 5.32 Å². The van der Waals surface area contributed by atoms with Gasteiger partial charge in [-0.05, 0) is 31.2 Å². The molecule has 0 radical (unpaired) electrons. The van der Waals surface area contributed by atoms with Crippen molar-refractivity contribution in [2.24, 2.45) is 0 Å². The van der Waals surface area contributed by atoms with Gasteiger partial charge in [0.1, 0.15) is 11.6 Å². The summed E-state index contributed by atoms with van der Waals surface area (Å²) in [6, 6.07) is 9.69. The molecular weight excluding hydrogens is 328 g/mol. The van der Waals surface area contributed by atoms with Crippen molar-refractivity contribution in [3.63, 3.8) is 0 Å². The lowest BCUT2D eigenvalue weighted by Crippen LogP contribution is -2.28. The first-order chi connectivity index (χ1) is 9.49. The number of carbonyl (C=O) groups is 1. The highest BCUT2D eigenvalue weighted by atomic mass is 79.9. The predicted molar refractivity (Wildman–Crippen MR) is 76.4 cm³/mol. The second kappa shape index (κ2) is 6.13. The van der Waals surface area contributed by atoms with Crippen LogP contribution < -0.4 is 5.32 Å². The zero-order chi connectivity index (χ0) is 14.7. The molecule has 104 valence electrons. The molecule has 0 fully saturated rings. The molecule has 0 saturated carbocycles. The molecule has 1 atom stereocenters. The molecular formula is C15H12BrF2NO. The van der Waals surface area contributed by atoms with Gasteiger partial charge in [0.15, 0.2) is 0 Å². The van der Waals surface area contributed by atoms with Gasteiger partial charge in [-0.2, -0.15) is 0 Å². The minimum Gasteiger partial charge on any atom is -0.345 e. The summed E-state index contributed by atoms with van der Waals surface area (Å²) in [4.78, 5) is 12.0. The first-order valence-corrected chi connectivity index (χ1v) is 6.78. The van der Waals surface area contributed by atoms with Crippen LogP contribution in [0.2, 0.25) is 0 Å².